The molecule has 4 rings (SSSR count). The molecule has 1 aliphatic rings. The fraction of sp³-hybridized carbons (Fsp3) is 0.364. The molecule has 0 saturated heterocycles. The summed E-state index contributed by atoms with van der Waals surface area (Å²) in [5, 5.41) is 22.2. The Bertz CT molecular complexity index is 1200. The van der Waals surface area contributed by atoms with E-state index in [1.54, 1.807) is 17.9 Å². The van der Waals surface area contributed by atoms with Gasteiger partial charge in [-0.05, 0) is 48.2 Å². The van der Waals surface area contributed by atoms with Gasteiger partial charge in [0, 0.05) is 36.9 Å². The van der Waals surface area contributed by atoms with Crippen LogP contribution in [0.5, 0.6) is 0 Å². The number of aromatic nitrogens is 4. The van der Waals surface area contributed by atoms with Crippen LogP contribution in [0.3, 0.4) is 0 Å². The number of nitro benzene ring substituents is 1. The average Bonchev–Trinajstić information content (AvgIpc) is 3.51. The largest absolute Gasteiger partial charge is 0.383 e. The van der Waals surface area contributed by atoms with Crippen LogP contribution >= 0.6 is 11.8 Å². The summed E-state index contributed by atoms with van der Waals surface area (Å²) in [6.45, 7) is 0.920. The van der Waals surface area contributed by atoms with Crippen LogP contribution in [0.25, 0.3) is 0 Å². The standard InChI is InChI=1S/C22H23FN6O4S/c1-33-9-8-28-13-25-27-22(28)34-19-7-6-16(29(31)32)11-17(19)21(30)26-20-18(23)10-15(12-24-20)14-4-2-3-5-14/h6-7,10-14H,2-5,8-9H2,1H3,(H,24,26,30). The molecule has 0 atom stereocenters. The number of amides is 1. The molecule has 0 unspecified atom stereocenters. The summed E-state index contributed by atoms with van der Waals surface area (Å²) in [4.78, 5) is 28.3. The van der Waals surface area contributed by atoms with Crippen LogP contribution in [0.2, 0.25) is 0 Å². The SMILES string of the molecule is COCCn1cnnc1Sc1ccc([N+](=O)[O-])cc1C(=O)Nc1ncc(C2CCCC2)cc1F. The van der Waals surface area contributed by atoms with Crippen molar-refractivity contribution in [3.05, 3.63) is 63.8 Å². The maximum Gasteiger partial charge on any atom is 0.270 e. The van der Waals surface area contributed by atoms with Crippen molar-refractivity contribution >= 4 is 29.2 Å². The van der Waals surface area contributed by atoms with Gasteiger partial charge in [-0.2, -0.15) is 0 Å². The summed E-state index contributed by atoms with van der Waals surface area (Å²) in [6, 6.07) is 5.31. The van der Waals surface area contributed by atoms with Gasteiger partial charge in [0.15, 0.2) is 16.8 Å². The molecule has 1 amide bonds. The lowest BCUT2D eigenvalue weighted by Gasteiger charge is -2.13. The fourth-order valence-electron chi connectivity index (χ4n) is 3.86. The zero-order valence-electron chi connectivity index (χ0n) is 18.4. The molecule has 1 aliphatic carbocycles. The second-order valence-electron chi connectivity index (χ2n) is 7.87. The van der Waals surface area contributed by atoms with Gasteiger partial charge in [0.25, 0.3) is 11.6 Å². The summed E-state index contributed by atoms with van der Waals surface area (Å²) in [6.07, 6.45) is 7.31. The first-order chi connectivity index (χ1) is 16.5. The molecule has 178 valence electrons. The number of anilines is 1. The van der Waals surface area contributed by atoms with Crippen molar-refractivity contribution < 1.29 is 18.8 Å². The van der Waals surface area contributed by atoms with Crippen LogP contribution in [0, 0.1) is 15.9 Å². The Balaban J connectivity index is 1.59. The number of rotatable bonds is 9. The number of carbonyl (C=O) groups excluding carboxylic acids is 1. The Morgan fingerprint density at radius 2 is 2.15 bits per heavy atom. The average molecular weight is 487 g/mol. The van der Waals surface area contributed by atoms with Crippen LogP contribution in [-0.4, -0.2) is 44.3 Å². The lowest BCUT2D eigenvalue weighted by Crippen LogP contribution is -2.16. The van der Waals surface area contributed by atoms with Gasteiger partial charge in [0.1, 0.15) is 6.33 Å². The van der Waals surface area contributed by atoms with Crippen LogP contribution in [0.15, 0.2) is 46.8 Å². The monoisotopic (exact) mass is 486 g/mol. The first-order valence-electron chi connectivity index (χ1n) is 10.8. The van der Waals surface area contributed by atoms with Gasteiger partial charge in [-0.1, -0.05) is 12.8 Å². The van der Waals surface area contributed by atoms with E-state index in [0.29, 0.717) is 23.2 Å². The van der Waals surface area contributed by atoms with E-state index in [1.807, 2.05) is 0 Å². The number of nitrogens with one attached hydrogen (secondary N) is 1. The number of nitrogens with zero attached hydrogens (tertiary/aromatic N) is 5. The van der Waals surface area contributed by atoms with Crippen LogP contribution in [0.4, 0.5) is 15.9 Å². The normalized spacial score (nSPS) is 13.8. The van der Waals surface area contributed by atoms with Crippen molar-refractivity contribution in [1.29, 1.82) is 0 Å². The Labute approximate surface area is 199 Å². The maximum atomic E-state index is 14.7. The van der Waals surface area contributed by atoms with Crippen LogP contribution < -0.4 is 5.32 Å². The third-order valence-electron chi connectivity index (χ3n) is 5.66. The van der Waals surface area contributed by atoms with E-state index in [9.17, 15) is 19.3 Å². The van der Waals surface area contributed by atoms with E-state index in [2.05, 4.69) is 20.5 Å². The summed E-state index contributed by atoms with van der Waals surface area (Å²) in [7, 11) is 1.57. The van der Waals surface area contributed by atoms with Crippen LogP contribution in [-0.2, 0) is 11.3 Å². The smallest absolute Gasteiger partial charge is 0.270 e. The molecule has 1 aromatic carbocycles. The predicted octanol–water partition coefficient (Wildman–Crippen LogP) is 4.43. The Kier molecular flexibility index (Phi) is 7.48. The van der Waals surface area contributed by atoms with E-state index in [-0.39, 0.29) is 23.0 Å². The second kappa shape index (κ2) is 10.7. The number of carbonyl (C=O) groups is 1. The molecule has 34 heavy (non-hydrogen) atoms. The van der Waals surface area contributed by atoms with Crippen molar-refractivity contribution in [3.63, 3.8) is 0 Å². The van der Waals surface area contributed by atoms with Crippen molar-refractivity contribution in [2.75, 3.05) is 19.0 Å². The minimum absolute atomic E-state index is 0.00145. The highest BCUT2D eigenvalue weighted by Gasteiger charge is 2.22. The highest BCUT2D eigenvalue weighted by molar-refractivity contribution is 7.99. The number of pyridine rings is 1. The zero-order valence-corrected chi connectivity index (χ0v) is 19.3. The number of hydrogen-bond donors (Lipinski definition) is 1. The molecule has 0 spiro atoms. The minimum Gasteiger partial charge on any atom is -0.383 e. The fourth-order valence-corrected chi connectivity index (χ4v) is 4.80. The number of methoxy groups -OCH3 is 1. The predicted molar refractivity (Wildman–Crippen MR) is 122 cm³/mol. The number of non-ortho nitro benzene ring substituents is 1. The van der Waals surface area contributed by atoms with Gasteiger partial charge in [0.2, 0.25) is 0 Å². The van der Waals surface area contributed by atoms with Crippen molar-refractivity contribution in [2.24, 2.45) is 0 Å². The molecule has 1 saturated carbocycles. The first kappa shape index (κ1) is 23.8. The third kappa shape index (κ3) is 5.39. The minimum atomic E-state index is -0.714. The van der Waals surface area contributed by atoms with Gasteiger partial charge < -0.3 is 14.6 Å². The zero-order chi connectivity index (χ0) is 24.1. The molecule has 0 bridgehead atoms. The van der Waals surface area contributed by atoms with Crippen molar-refractivity contribution in [3.8, 4) is 0 Å². The summed E-state index contributed by atoms with van der Waals surface area (Å²) < 4.78 is 21.6. The molecule has 0 aliphatic heterocycles. The molecule has 2 aromatic heterocycles. The lowest BCUT2D eigenvalue weighted by molar-refractivity contribution is -0.384. The summed E-state index contributed by atoms with van der Waals surface area (Å²) >= 11 is 1.12. The van der Waals surface area contributed by atoms with E-state index in [4.69, 9.17) is 4.74 Å². The first-order valence-corrected chi connectivity index (χ1v) is 11.6. The quantitative estimate of drug-likeness (QED) is 0.348. The molecule has 1 N–H and O–H groups in total. The number of ether oxygens (including phenoxy) is 1. The van der Waals surface area contributed by atoms with Gasteiger partial charge >= 0.3 is 0 Å². The van der Waals surface area contributed by atoms with Gasteiger partial charge in [-0.15, -0.1) is 10.2 Å². The summed E-state index contributed by atoms with van der Waals surface area (Å²) in [5.41, 5.74) is 0.553. The Hall–Kier alpha value is -3.38. The van der Waals surface area contributed by atoms with E-state index in [1.165, 1.54) is 24.5 Å². The molecule has 3 aromatic rings. The number of nitro groups is 1. The highest BCUT2D eigenvalue weighted by Crippen LogP contribution is 2.35. The Morgan fingerprint density at radius 1 is 1.35 bits per heavy atom. The number of benzene rings is 1. The molecular formula is C22H23FN6O4S. The van der Waals surface area contributed by atoms with Crippen molar-refractivity contribution in [1.82, 2.24) is 19.7 Å². The number of hydrogen-bond acceptors (Lipinski definition) is 8. The second-order valence-corrected chi connectivity index (χ2v) is 8.88. The number of halogens is 1. The molecule has 10 nitrogen and oxygen atoms in total. The van der Waals surface area contributed by atoms with E-state index < -0.39 is 16.6 Å². The topological polar surface area (TPSA) is 125 Å². The van der Waals surface area contributed by atoms with E-state index in [0.717, 1.165) is 49.1 Å². The molecule has 1 fully saturated rings. The van der Waals surface area contributed by atoms with Crippen molar-refractivity contribution in [2.45, 2.75) is 48.2 Å². The molecule has 0 radical (unpaired) electrons. The van der Waals surface area contributed by atoms with Gasteiger partial charge in [0.05, 0.1) is 17.1 Å². The Morgan fingerprint density at radius 3 is 2.85 bits per heavy atom. The van der Waals surface area contributed by atoms with E-state index >= 15 is 0 Å². The highest BCUT2D eigenvalue weighted by atomic mass is 32.2. The molecule has 12 heteroatoms. The third-order valence-corrected chi connectivity index (χ3v) is 6.73. The summed E-state index contributed by atoms with van der Waals surface area (Å²) in [5.74, 6) is -1.30. The molecule has 2 heterocycles. The van der Waals surface area contributed by atoms with Crippen LogP contribution in [0.1, 0.15) is 47.5 Å². The van der Waals surface area contributed by atoms with Gasteiger partial charge in [-0.25, -0.2) is 9.37 Å². The molecular weight excluding hydrogens is 463 g/mol. The maximum absolute atomic E-state index is 14.7. The lowest BCUT2D eigenvalue weighted by atomic mass is 9.99. The van der Waals surface area contributed by atoms with Gasteiger partial charge in [-0.3, -0.25) is 14.9 Å².